The molecule has 1 aromatic rings. The average molecular weight is 353 g/mol. The number of carbonyl (C=O) groups excluding carboxylic acids is 1. The fraction of sp³-hybridized carbons (Fsp3) is 0.706. The molecule has 1 fully saturated rings. The van der Waals surface area contributed by atoms with Gasteiger partial charge in [0.25, 0.3) is 5.56 Å². The fourth-order valence-electron chi connectivity index (χ4n) is 2.77. The smallest absolute Gasteiger partial charge is 0.254 e. The van der Waals surface area contributed by atoms with Crippen LogP contribution in [0.25, 0.3) is 0 Å². The lowest BCUT2D eigenvalue weighted by Crippen LogP contribution is -2.50. The number of aryl methyl sites for hydroxylation is 1. The van der Waals surface area contributed by atoms with E-state index in [2.05, 4.69) is 16.8 Å². The van der Waals surface area contributed by atoms with Gasteiger partial charge in [0.1, 0.15) is 0 Å². The molecule has 1 unspecified atom stereocenters. The minimum Gasteiger partial charge on any atom is -0.339 e. The first-order valence-electron chi connectivity index (χ1n) is 8.74. The molecule has 1 saturated heterocycles. The van der Waals surface area contributed by atoms with Crippen molar-refractivity contribution in [3.05, 3.63) is 22.1 Å². The molecule has 0 spiro atoms. The Hall–Kier alpha value is -1.34. The van der Waals surface area contributed by atoms with Gasteiger partial charge in [-0.2, -0.15) is 0 Å². The molecule has 0 bridgehead atoms. The molecule has 134 valence electrons. The van der Waals surface area contributed by atoms with Crippen molar-refractivity contribution in [3.8, 4) is 0 Å². The van der Waals surface area contributed by atoms with Gasteiger partial charge in [0.15, 0.2) is 5.16 Å². The lowest BCUT2D eigenvalue weighted by Gasteiger charge is -2.35. The Bertz CT molecular complexity index is 624. The number of hydrogen-bond donors (Lipinski definition) is 0. The zero-order valence-corrected chi connectivity index (χ0v) is 15.9. The maximum absolute atomic E-state index is 12.9. The molecule has 6 nitrogen and oxygen atoms in total. The third kappa shape index (κ3) is 4.39. The Morgan fingerprint density at radius 1 is 1.25 bits per heavy atom. The van der Waals surface area contributed by atoms with Crippen molar-refractivity contribution in [1.82, 2.24) is 19.4 Å². The van der Waals surface area contributed by atoms with Gasteiger partial charge in [-0.05, 0) is 19.4 Å². The Balaban J connectivity index is 2.11. The highest BCUT2D eigenvalue weighted by atomic mass is 32.2. The van der Waals surface area contributed by atoms with Crippen molar-refractivity contribution in [1.29, 1.82) is 0 Å². The van der Waals surface area contributed by atoms with E-state index < -0.39 is 0 Å². The van der Waals surface area contributed by atoms with Crippen molar-refractivity contribution < 1.29 is 4.79 Å². The van der Waals surface area contributed by atoms with E-state index in [-0.39, 0.29) is 16.7 Å². The van der Waals surface area contributed by atoms with Crippen molar-refractivity contribution in [2.24, 2.45) is 7.05 Å². The summed E-state index contributed by atoms with van der Waals surface area (Å²) in [6.07, 6.45) is 1.44. The predicted molar refractivity (Wildman–Crippen MR) is 97.5 cm³/mol. The van der Waals surface area contributed by atoms with Crippen LogP contribution in [0.5, 0.6) is 0 Å². The monoisotopic (exact) mass is 352 g/mol. The van der Waals surface area contributed by atoms with Crippen LogP contribution in [0.2, 0.25) is 0 Å². The van der Waals surface area contributed by atoms with Crippen LogP contribution >= 0.6 is 11.8 Å². The number of amides is 1. The molecule has 1 aliphatic rings. The summed E-state index contributed by atoms with van der Waals surface area (Å²) in [7, 11) is 1.72. The van der Waals surface area contributed by atoms with Crippen LogP contribution in [0, 0.1) is 0 Å². The van der Waals surface area contributed by atoms with Crippen LogP contribution in [-0.4, -0.2) is 63.2 Å². The highest BCUT2D eigenvalue weighted by Crippen LogP contribution is 2.25. The number of likely N-dealkylation sites (N-methyl/N-ethyl adjacent to an activating group) is 1. The van der Waals surface area contributed by atoms with Gasteiger partial charge < -0.3 is 9.80 Å². The molecule has 0 aromatic carbocycles. The van der Waals surface area contributed by atoms with E-state index in [0.29, 0.717) is 11.6 Å². The topological polar surface area (TPSA) is 58.4 Å². The first-order chi connectivity index (χ1) is 11.5. The van der Waals surface area contributed by atoms with E-state index in [1.54, 1.807) is 13.1 Å². The third-order valence-corrected chi connectivity index (χ3v) is 5.93. The summed E-state index contributed by atoms with van der Waals surface area (Å²) in [5.74, 6) is 0.161. The zero-order chi connectivity index (χ0) is 17.7. The molecule has 24 heavy (non-hydrogen) atoms. The van der Waals surface area contributed by atoms with Crippen molar-refractivity contribution >= 4 is 17.7 Å². The van der Waals surface area contributed by atoms with Crippen LogP contribution in [0.1, 0.15) is 32.9 Å². The Labute approximate surface area is 148 Å². The van der Waals surface area contributed by atoms with E-state index >= 15 is 0 Å². The number of thioether (sulfide) groups is 1. The van der Waals surface area contributed by atoms with Gasteiger partial charge >= 0.3 is 0 Å². The largest absolute Gasteiger partial charge is 0.339 e. The molecule has 1 aromatic heterocycles. The standard InChI is InChI=1S/C17H28N4O2S/c1-5-13-12-15(22)19(4)17(18-13)24-14(6-2)16(23)21-10-8-20(7-3)9-11-21/h12,14H,5-11H2,1-4H3. The number of aromatic nitrogens is 2. The zero-order valence-electron chi connectivity index (χ0n) is 15.1. The van der Waals surface area contributed by atoms with Crippen molar-refractivity contribution in [2.45, 2.75) is 44.0 Å². The van der Waals surface area contributed by atoms with Crippen LogP contribution < -0.4 is 5.56 Å². The maximum Gasteiger partial charge on any atom is 0.254 e. The van der Waals surface area contributed by atoms with Crippen LogP contribution in [0.15, 0.2) is 16.0 Å². The number of nitrogens with zero attached hydrogens (tertiary/aromatic N) is 4. The van der Waals surface area contributed by atoms with Gasteiger partial charge in [-0.15, -0.1) is 0 Å². The molecule has 2 heterocycles. The van der Waals surface area contributed by atoms with Crippen LogP contribution in [0.4, 0.5) is 0 Å². The van der Waals surface area contributed by atoms with Gasteiger partial charge in [0.2, 0.25) is 5.91 Å². The molecule has 0 aliphatic carbocycles. The molecule has 0 radical (unpaired) electrons. The molecule has 0 N–H and O–H groups in total. The predicted octanol–water partition coefficient (Wildman–Crippen LogP) is 1.38. The Morgan fingerprint density at radius 2 is 1.92 bits per heavy atom. The molecular formula is C17H28N4O2S. The van der Waals surface area contributed by atoms with Gasteiger partial charge in [-0.1, -0.05) is 32.5 Å². The summed E-state index contributed by atoms with van der Waals surface area (Å²) in [4.78, 5) is 33.7. The fourth-order valence-corrected chi connectivity index (χ4v) is 3.86. The normalized spacial score (nSPS) is 17.1. The number of piperazine rings is 1. The molecule has 7 heteroatoms. The molecule has 1 atom stereocenters. The third-order valence-electron chi connectivity index (χ3n) is 4.53. The minimum atomic E-state index is -0.191. The Morgan fingerprint density at radius 3 is 2.46 bits per heavy atom. The Kier molecular flexibility index (Phi) is 6.86. The van der Waals surface area contributed by atoms with Crippen molar-refractivity contribution in [3.63, 3.8) is 0 Å². The summed E-state index contributed by atoms with van der Waals surface area (Å²) in [5.41, 5.74) is 0.711. The number of hydrogen-bond acceptors (Lipinski definition) is 5. The first kappa shape index (κ1) is 19.0. The summed E-state index contributed by atoms with van der Waals surface area (Å²) in [6, 6.07) is 1.57. The van der Waals surface area contributed by atoms with Crippen LogP contribution in [0.3, 0.4) is 0 Å². The highest BCUT2D eigenvalue weighted by Gasteiger charge is 2.27. The molecular weight excluding hydrogens is 324 g/mol. The van der Waals surface area contributed by atoms with Gasteiger partial charge in [0, 0.05) is 45.0 Å². The summed E-state index contributed by atoms with van der Waals surface area (Å²) < 4.78 is 1.54. The lowest BCUT2D eigenvalue weighted by molar-refractivity contribution is -0.132. The van der Waals surface area contributed by atoms with E-state index in [1.807, 2.05) is 18.7 Å². The van der Waals surface area contributed by atoms with E-state index in [1.165, 1.54) is 16.3 Å². The van der Waals surface area contributed by atoms with E-state index in [0.717, 1.165) is 44.8 Å². The minimum absolute atomic E-state index is 0.0665. The second kappa shape index (κ2) is 8.67. The SMILES string of the molecule is CCc1cc(=O)n(C)c(SC(CC)C(=O)N2CCN(CC)CC2)n1. The molecule has 0 saturated carbocycles. The van der Waals surface area contributed by atoms with Crippen molar-refractivity contribution in [2.75, 3.05) is 32.7 Å². The second-order valence-corrected chi connectivity index (χ2v) is 7.23. The second-order valence-electron chi connectivity index (χ2n) is 6.06. The quantitative estimate of drug-likeness (QED) is 0.572. The molecule has 1 aliphatic heterocycles. The van der Waals surface area contributed by atoms with E-state index in [4.69, 9.17) is 0 Å². The van der Waals surface area contributed by atoms with Gasteiger partial charge in [-0.25, -0.2) is 4.98 Å². The first-order valence-corrected chi connectivity index (χ1v) is 9.62. The number of carbonyl (C=O) groups is 1. The van der Waals surface area contributed by atoms with E-state index in [9.17, 15) is 9.59 Å². The lowest BCUT2D eigenvalue weighted by atomic mass is 10.2. The summed E-state index contributed by atoms with van der Waals surface area (Å²) >= 11 is 1.41. The van der Waals surface area contributed by atoms with Gasteiger partial charge in [0.05, 0.1) is 5.25 Å². The average Bonchev–Trinajstić information content (AvgIpc) is 2.62. The summed E-state index contributed by atoms with van der Waals surface area (Å²) in [6.45, 7) is 10.6. The maximum atomic E-state index is 12.9. The van der Waals surface area contributed by atoms with Gasteiger partial charge in [-0.3, -0.25) is 14.2 Å². The molecule has 1 amide bonds. The van der Waals surface area contributed by atoms with Crippen LogP contribution in [-0.2, 0) is 18.3 Å². The molecule has 2 rings (SSSR count). The highest BCUT2D eigenvalue weighted by molar-refractivity contribution is 8.00. The number of rotatable bonds is 6. The summed E-state index contributed by atoms with van der Waals surface area (Å²) in [5, 5.41) is 0.440.